The van der Waals surface area contributed by atoms with Gasteiger partial charge in [0, 0.05) is 55.6 Å². The van der Waals surface area contributed by atoms with E-state index in [1.807, 2.05) is 33.4 Å². The lowest BCUT2D eigenvalue weighted by atomic mass is 10.2. The van der Waals surface area contributed by atoms with E-state index in [9.17, 15) is 4.79 Å². The van der Waals surface area contributed by atoms with E-state index in [0.717, 1.165) is 87.2 Å². The van der Waals surface area contributed by atoms with Crippen LogP contribution in [0.1, 0.15) is 29.8 Å². The quantitative estimate of drug-likeness (QED) is 0.428. The fourth-order valence-corrected chi connectivity index (χ4v) is 5.37. The highest BCUT2D eigenvalue weighted by atomic mass is 32.2. The topological polar surface area (TPSA) is 64.7 Å². The van der Waals surface area contributed by atoms with Crippen molar-refractivity contribution in [1.29, 1.82) is 0 Å². The Morgan fingerprint density at radius 3 is 2.87 bits per heavy atom. The van der Waals surface area contributed by atoms with E-state index >= 15 is 0 Å². The van der Waals surface area contributed by atoms with Gasteiger partial charge < -0.3 is 9.14 Å². The van der Waals surface area contributed by atoms with Crippen LogP contribution in [0.15, 0.2) is 40.4 Å². The van der Waals surface area contributed by atoms with Gasteiger partial charge in [-0.1, -0.05) is 17.8 Å². The van der Waals surface area contributed by atoms with Gasteiger partial charge >= 0.3 is 5.69 Å². The second kappa shape index (κ2) is 8.91. The van der Waals surface area contributed by atoms with E-state index in [-0.39, 0.29) is 5.69 Å². The Balaban J connectivity index is 1.28. The number of hydrogen-bond acceptors (Lipinski definition) is 6. The van der Waals surface area contributed by atoms with Crippen LogP contribution in [-0.4, -0.2) is 56.7 Å². The number of nitrogens with zero attached hydrogens (tertiary/aromatic N) is 5. The van der Waals surface area contributed by atoms with Crippen molar-refractivity contribution in [3.05, 3.63) is 58.0 Å². The minimum absolute atomic E-state index is 0.102. The molecule has 3 aromatic rings. The monoisotopic (exact) mass is 425 g/mol. The molecule has 30 heavy (non-hydrogen) atoms. The lowest BCUT2D eigenvalue weighted by Gasteiger charge is -2.26. The number of morpholine rings is 1. The number of thioether (sulfide) groups is 1. The zero-order chi connectivity index (χ0) is 20.3. The Morgan fingerprint density at radius 1 is 1.10 bits per heavy atom. The maximum atomic E-state index is 12.8. The summed E-state index contributed by atoms with van der Waals surface area (Å²) in [7, 11) is 0. The van der Waals surface area contributed by atoms with E-state index < -0.39 is 0 Å². The Labute approximate surface area is 180 Å². The molecule has 0 unspecified atom stereocenters. The van der Waals surface area contributed by atoms with Crippen LogP contribution in [0.5, 0.6) is 0 Å². The first-order valence-electron chi connectivity index (χ1n) is 10.8. The van der Waals surface area contributed by atoms with Gasteiger partial charge in [-0.05, 0) is 37.8 Å². The summed E-state index contributed by atoms with van der Waals surface area (Å²) < 4.78 is 9.37. The minimum atomic E-state index is -0.102. The summed E-state index contributed by atoms with van der Waals surface area (Å²) in [6.45, 7) is 5.37. The summed E-state index contributed by atoms with van der Waals surface area (Å²) >= 11 is 1.64. The van der Waals surface area contributed by atoms with Crippen LogP contribution in [0.3, 0.4) is 0 Å². The van der Waals surface area contributed by atoms with Crippen LogP contribution in [-0.2, 0) is 29.9 Å². The number of pyridine rings is 1. The summed E-state index contributed by atoms with van der Waals surface area (Å²) in [4.78, 5) is 24.4. The average Bonchev–Trinajstić information content (AvgIpc) is 3.41. The number of aromatic nitrogens is 4. The molecule has 1 aliphatic heterocycles. The fraction of sp³-hybridized carbons (Fsp3) is 0.500. The van der Waals surface area contributed by atoms with Gasteiger partial charge in [-0.3, -0.25) is 9.47 Å². The molecule has 0 radical (unpaired) electrons. The molecule has 2 aliphatic rings. The highest BCUT2D eigenvalue weighted by Gasteiger charge is 2.22. The molecule has 0 bridgehead atoms. The van der Waals surface area contributed by atoms with Crippen molar-refractivity contribution >= 4 is 17.4 Å². The van der Waals surface area contributed by atoms with Crippen molar-refractivity contribution < 1.29 is 4.74 Å². The second-order valence-corrected chi connectivity index (χ2v) is 8.89. The van der Waals surface area contributed by atoms with Gasteiger partial charge in [-0.25, -0.2) is 9.78 Å². The summed E-state index contributed by atoms with van der Waals surface area (Å²) in [6, 6.07) is 5.99. The van der Waals surface area contributed by atoms with E-state index in [1.54, 1.807) is 11.8 Å². The summed E-state index contributed by atoms with van der Waals surface area (Å²) in [5.41, 5.74) is 4.33. The van der Waals surface area contributed by atoms with Crippen molar-refractivity contribution in [3.8, 4) is 0 Å². The SMILES string of the molecule is O=c1nc(SCc2cn3ccccc3n2)c2c(n1CCCN1CCOCC1)CCC2. The third-order valence-corrected chi connectivity index (χ3v) is 6.98. The number of fused-ring (bicyclic) bond motifs is 2. The molecule has 3 aromatic heterocycles. The maximum absolute atomic E-state index is 12.8. The normalized spacial score (nSPS) is 16.9. The molecule has 7 nitrogen and oxygen atoms in total. The van der Waals surface area contributed by atoms with Crippen LogP contribution < -0.4 is 5.69 Å². The van der Waals surface area contributed by atoms with Gasteiger partial charge in [-0.15, -0.1) is 0 Å². The summed E-state index contributed by atoms with van der Waals surface area (Å²) in [6.07, 6.45) is 8.12. The van der Waals surface area contributed by atoms with Crippen LogP contribution >= 0.6 is 11.8 Å². The number of hydrogen-bond donors (Lipinski definition) is 0. The molecular weight excluding hydrogens is 398 g/mol. The van der Waals surface area contributed by atoms with Crippen molar-refractivity contribution in [1.82, 2.24) is 23.8 Å². The van der Waals surface area contributed by atoms with E-state index in [4.69, 9.17) is 4.74 Å². The highest BCUT2D eigenvalue weighted by Crippen LogP contribution is 2.31. The van der Waals surface area contributed by atoms with Crippen molar-refractivity contribution in [3.63, 3.8) is 0 Å². The van der Waals surface area contributed by atoms with Crippen LogP contribution in [0.4, 0.5) is 0 Å². The lowest BCUT2D eigenvalue weighted by Crippen LogP contribution is -2.37. The molecular formula is C22H27N5O2S. The van der Waals surface area contributed by atoms with Gasteiger partial charge in [0.25, 0.3) is 0 Å². The molecule has 1 fully saturated rings. The maximum Gasteiger partial charge on any atom is 0.348 e. The molecule has 0 spiro atoms. The zero-order valence-electron chi connectivity index (χ0n) is 17.1. The molecule has 8 heteroatoms. The molecule has 5 rings (SSSR count). The van der Waals surface area contributed by atoms with Crippen LogP contribution in [0.25, 0.3) is 5.65 Å². The number of imidazole rings is 1. The summed E-state index contributed by atoms with van der Waals surface area (Å²) in [5, 5.41) is 0.897. The average molecular weight is 426 g/mol. The predicted octanol–water partition coefficient (Wildman–Crippen LogP) is 2.39. The second-order valence-electron chi connectivity index (χ2n) is 7.92. The van der Waals surface area contributed by atoms with Gasteiger partial charge in [0.2, 0.25) is 0 Å². The molecule has 4 heterocycles. The van der Waals surface area contributed by atoms with Gasteiger partial charge in [0.1, 0.15) is 10.7 Å². The van der Waals surface area contributed by atoms with Gasteiger partial charge in [0.15, 0.2) is 0 Å². The molecule has 0 amide bonds. The Morgan fingerprint density at radius 2 is 2.00 bits per heavy atom. The zero-order valence-corrected chi connectivity index (χ0v) is 17.9. The number of ether oxygens (including phenoxy) is 1. The Kier molecular flexibility index (Phi) is 5.88. The van der Waals surface area contributed by atoms with Crippen molar-refractivity contribution in [2.75, 3.05) is 32.8 Å². The van der Waals surface area contributed by atoms with Gasteiger partial charge in [0.05, 0.1) is 18.9 Å². The molecule has 1 aliphatic carbocycles. The Bertz CT molecular complexity index is 1050. The van der Waals surface area contributed by atoms with Crippen LogP contribution in [0.2, 0.25) is 0 Å². The fourth-order valence-electron chi connectivity index (χ4n) is 4.41. The molecule has 0 N–H and O–H groups in total. The molecule has 0 aromatic carbocycles. The largest absolute Gasteiger partial charge is 0.379 e. The minimum Gasteiger partial charge on any atom is -0.379 e. The first kappa shape index (κ1) is 19.8. The van der Waals surface area contributed by atoms with E-state index in [0.29, 0.717) is 0 Å². The van der Waals surface area contributed by atoms with Crippen LogP contribution in [0, 0.1) is 0 Å². The lowest BCUT2D eigenvalue weighted by molar-refractivity contribution is 0.0368. The van der Waals surface area contributed by atoms with Gasteiger partial charge in [-0.2, -0.15) is 4.98 Å². The number of rotatable bonds is 7. The van der Waals surface area contributed by atoms with E-state index in [1.165, 1.54) is 11.3 Å². The molecule has 0 atom stereocenters. The molecule has 1 saturated heterocycles. The first-order chi connectivity index (χ1) is 14.8. The standard InChI is InChI=1S/C22H27N5O2S/c28-22-24-21(30-16-17-15-26-9-2-1-7-20(26)23-17)18-5-3-6-19(18)27(22)10-4-8-25-11-13-29-14-12-25/h1-2,7,9,15H,3-6,8,10-14,16H2. The summed E-state index contributed by atoms with van der Waals surface area (Å²) in [5.74, 6) is 0.724. The predicted molar refractivity (Wildman–Crippen MR) is 117 cm³/mol. The Hall–Kier alpha value is -2.16. The van der Waals surface area contributed by atoms with E-state index in [2.05, 4.69) is 21.1 Å². The smallest absolute Gasteiger partial charge is 0.348 e. The highest BCUT2D eigenvalue weighted by molar-refractivity contribution is 7.98. The van der Waals surface area contributed by atoms with Crippen molar-refractivity contribution in [2.24, 2.45) is 0 Å². The molecule has 0 saturated carbocycles. The third-order valence-electron chi connectivity index (χ3n) is 5.93. The third kappa shape index (κ3) is 4.17. The first-order valence-corrected chi connectivity index (χ1v) is 11.7. The van der Waals surface area contributed by atoms with Crippen molar-refractivity contribution in [2.45, 2.75) is 43.0 Å². The molecule has 158 valence electrons.